The third kappa shape index (κ3) is 6.14. The van der Waals surface area contributed by atoms with Crippen molar-refractivity contribution in [3.05, 3.63) is 0 Å². The van der Waals surface area contributed by atoms with Crippen LogP contribution in [0.4, 0.5) is 0 Å². The fourth-order valence-electron chi connectivity index (χ4n) is 2.61. The molecule has 1 aliphatic rings. The number of carboxylic acid groups (broad SMARTS) is 1. The van der Waals surface area contributed by atoms with E-state index in [-0.39, 0.29) is 29.6 Å². The molecule has 1 rings (SSSR count). The van der Waals surface area contributed by atoms with Gasteiger partial charge in [-0.3, -0.25) is 14.4 Å². The Bertz CT molecular complexity index is 401. The number of hydrogen-bond acceptors (Lipinski definition) is 3. The summed E-state index contributed by atoms with van der Waals surface area (Å²) in [5, 5.41) is 14.3. The average Bonchev–Trinajstić information content (AvgIpc) is 2.78. The highest BCUT2D eigenvalue weighted by molar-refractivity contribution is 5.90. The summed E-state index contributed by atoms with van der Waals surface area (Å²) in [6.07, 6.45) is 2.44. The third-order valence-electron chi connectivity index (χ3n) is 4.04. The summed E-state index contributed by atoms with van der Waals surface area (Å²) in [5.74, 6) is -0.787. The molecule has 0 aliphatic carbocycles. The maximum absolute atomic E-state index is 11.9. The zero-order chi connectivity index (χ0) is 16.0. The monoisotopic (exact) mass is 298 g/mol. The fourth-order valence-corrected chi connectivity index (χ4v) is 2.61. The maximum atomic E-state index is 11.9. The van der Waals surface area contributed by atoms with Gasteiger partial charge in [-0.1, -0.05) is 20.8 Å². The smallest absolute Gasteiger partial charge is 0.303 e. The maximum Gasteiger partial charge on any atom is 0.303 e. The quantitative estimate of drug-likeness (QED) is 0.660. The van der Waals surface area contributed by atoms with Gasteiger partial charge in [-0.2, -0.15) is 0 Å². The zero-order valence-corrected chi connectivity index (χ0v) is 13.1. The molecule has 2 atom stereocenters. The van der Waals surface area contributed by atoms with E-state index in [2.05, 4.69) is 31.4 Å². The molecular formula is C15H26N2O4. The number of aliphatic carboxylic acids is 1. The van der Waals surface area contributed by atoms with Crippen LogP contribution in [0.1, 0.15) is 52.9 Å². The second-order valence-corrected chi connectivity index (χ2v) is 6.73. The lowest BCUT2D eigenvalue weighted by atomic mass is 9.76. The first-order valence-electron chi connectivity index (χ1n) is 7.49. The Morgan fingerprint density at radius 1 is 1.38 bits per heavy atom. The number of hydrogen-bond donors (Lipinski definition) is 3. The molecule has 0 aromatic rings. The highest BCUT2D eigenvalue weighted by Crippen LogP contribution is 2.32. The van der Waals surface area contributed by atoms with Crippen molar-refractivity contribution in [2.24, 2.45) is 11.3 Å². The van der Waals surface area contributed by atoms with Crippen molar-refractivity contribution in [2.75, 3.05) is 6.54 Å². The van der Waals surface area contributed by atoms with Gasteiger partial charge in [0.15, 0.2) is 0 Å². The molecule has 0 bridgehead atoms. The molecule has 6 heteroatoms. The number of carboxylic acids is 1. The van der Waals surface area contributed by atoms with Crippen molar-refractivity contribution in [3.63, 3.8) is 0 Å². The average molecular weight is 298 g/mol. The van der Waals surface area contributed by atoms with E-state index >= 15 is 0 Å². The Kier molecular flexibility index (Phi) is 6.18. The minimum atomic E-state index is -0.790. The molecule has 1 fully saturated rings. The Morgan fingerprint density at radius 2 is 2.05 bits per heavy atom. The topological polar surface area (TPSA) is 95.5 Å². The number of nitrogens with one attached hydrogen (secondary N) is 2. The second kappa shape index (κ2) is 7.43. The van der Waals surface area contributed by atoms with Gasteiger partial charge in [-0.05, 0) is 30.6 Å². The van der Waals surface area contributed by atoms with E-state index in [1.807, 2.05) is 0 Å². The first kappa shape index (κ1) is 17.5. The summed E-state index contributed by atoms with van der Waals surface area (Å²) >= 11 is 0. The minimum Gasteiger partial charge on any atom is -0.481 e. The molecule has 1 saturated heterocycles. The summed E-state index contributed by atoms with van der Waals surface area (Å²) in [7, 11) is 0. The van der Waals surface area contributed by atoms with Crippen LogP contribution in [0.2, 0.25) is 0 Å². The molecule has 1 heterocycles. The van der Waals surface area contributed by atoms with Crippen LogP contribution in [0.25, 0.3) is 0 Å². The number of amides is 2. The Labute approximate surface area is 125 Å². The van der Waals surface area contributed by atoms with E-state index in [0.717, 1.165) is 6.42 Å². The van der Waals surface area contributed by atoms with Crippen LogP contribution in [-0.4, -0.2) is 35.5 Å². The number of carbonyl (C=O) groups excluding carboxylic acids is 2. The first-order chi connectivity index (χ1) is 9.70. The van der Waals surface area contributed by atoms with Gasteiger partial charge in [0, 0.05) is 19.4 Å². The zero-order valence-electron chi connectivity index (χ0n) is 13.1. The molecule has 2 unspecified atom stereocenters. The van der Waals surface area contributed by atoms with Crippen molar-refractivity contribution >= 4 is 17.8 Å². The van der Waals surface area contributed by atoms with E-state index < -0.39 is 12.0 Å². The van der Waals surface area contributed by atoms with Crippen LogP contribution in [0.3, 0.4) is 0 Å². The van der Waals surface area contributed by atoms with E-state index in [0.29, 0.717) is 25.8 Å². The molecule has 6 nitrogen and oxygen atoms in total. The SMILES string of the molecule is CC(C)(C)C(CCNC(=O)C1CCC(=O)N1)CCC(=O)O. The molecule has 0 aromatic heterocycles. The van der Waals surface area contributed by atoms with Gasteiger partial charge in [0.05, 0.1) is 0 Å². The van der Waals surface area contributed by atoms with Crippen molar-refractivity contribution in [1.82, 2.24) is 10.6 Å². The minimum absolute atomic E-state index is 0.00174. The van der Waals surface area contributed by atoms with Gasteiger partial charge < -0.3 is 15.7 Å². The largest absolute Gasteiger partial charge is 0.481 e. The lowest BCUT2D eigenvalue weighted by molar-refractivity contribution is -0.137. The van der Waals surface area contributed by atoms with Gasteiger partial charge in [0.1, 0.15) is 6.04 Å². The Morgan fingerprint density at radius 3 is 2.52 bits per heavy atom. The third-order valence-corrected chi connectivity index (χ3v) is 4.04. The summed E-state index contributed by atoms with van der Waals surface area (Å²) < 4.78 is 0. The van der Waals surface area contributed by atoms with Gasteiger partial charge in [-0.25, -0.2) is 0 Å². The standard InChI is InChI=1S/C15H26N2O4/c1-15(2,3)10(4-7-13(19)20)8-9-16-14(21)11-5-6-12(18)17-11/h10-11H,4-9H2,1-3H3,(H,16,21)(H,17,18)(H,19,20). The number of carbonyl (C=O) groups is 3. The fraction of sp³-hybridized carbons (Fsp3) is 0.800. The lowest BCUT2D eigenvalue weighted by Gasteiger charge is -2.30. The van der Waals surface area contributed by atoms with Crippen LogP contribution in [0.15, 0.2) is 0 Å². The van der Waals surface area contributed by atoms with Gasteiger partial charge in [-0.15, -0.1) is 0 Å². The summed E-state index contributed by atoms with van der Waals surface area (Å²) in [6, 6.07) is -0.412. The van der Waals surface area contributed by atoms with E-state index in [9.17, 15) is 14.4 Å². The van der Waals surface area contributed by atoms with Crippen LogP contribution < -0.4 is 10.6 Å². The van der Waals surface area contributed by atoms with Crippen LogP contribution in [0.5, 0.6) is 0 Å². The highest BCUT2D eigenvalue weighted by atomic mass is 16.4. The van der Waals surface area contributed by atoms with E-state index in [4.69, 9.17) is 5.11 Å². The highest BCUT2D eigenvalue weighted by Gasteiger charge is 2.28. The molecule has 1 aliphatic heterocycles. The Balaban J connectivity index is 2.37. The summed E-state index contributed by atoms with van der Waals surface area (Å²) in [5.41, 5.74) is 0.00174. The molecule has 0 saturated carbocycles. The van der Waals surface area contributed by atoms with Crippen molar-refractivity contribution in [3.8, 4) is 0 Å². The molecular weight excluding hydrogens is 272 g/mol. The molecule has 2 amide bonds. The summed E-state index contributed by atoms with van der Waals surface area (Å²) in [4.78, 5) is 33.6. The second-order valence-electron chi connectivity index (χ2n) is 6.73. The van der Waals surface area contributed by atoms with Gasteiger partial charge >= 0.3 is 5.97 Å². The van der Waals surface area contributed by atoms with Crippen LogP contribution in [0, 0.1) is 11.3 Å². The lowest BCUT2D eigenvalue weighted by Crippen LogP contribution is -2.42. The summed E-state index contributed by atoms with van der Waals surface area (Å²) in [6.45, 7) is 6.75. The molecule has 120 valence electrons. The van der Waals surface area contributed by atoms with Gasteiger partial charge in [0.25, 0.3) is 0 Å². The van der Waals surface area contributed by atoms with E-state index in [1.165, 1.54) is 0 Å². The number of rotatable bonds is 7. The molecule has 21 heavy (non-hydrogen) atoms. The van der Waals surface area contributed by atoms with Crippen molar-refractivity contribution in [1.29, 1.82) is 0 Å². The van der Waals surface area contributed by atoms with Crippen LogP contribution >= 0.6 is 0 Å². The van der Waals surface area contributed by atoms with Crippen molar-refractivity contribution < 1.29 is 19.5 Å². The molecule has 0 radical (unpaired) electrons. The molecule has 0 aromatic carbocycles. The predicted octanol–water partition coefficient (Wildman–Crippen LogP) is 1.30. The normalized spacial score (nSPS) is 20.0. The first-order valence-corrected chi connectivity index (χ1v) is 7.49. The van der Waals surface area contributed by atoms with Crippen LogP contribution in [-0.2, 0) is 14.4 Å². The molecule has 3 N–H and O–H groups in total. The van der Waals surface area contributed by atoms with E-state index in [1.54, 1.807) is 0 Å². The van der Waals surface area contributed by atoms with Crippen molar-refractivity contribution in [2.45, 2.75) is 58.9 Å². The Hall–Kier alpha value is -1.59. The van der Waals surface area contributed by atoms with Gasteiger partial charge in [0.2, 0.25) is 11.8 Å². The predicted molar refractivity (Wildman–Crippen MR) is 78.6 cm³/mol. The molecule has 0 spiro atoms.